The van der Waals surface area contributed by atoms with E-state index in [1.54, 1.807) is 4.90 Å². The number of anilines is 1. The number of carbonyl (C=O) groups excluding carboxylic acids is 1. The summed E-state index contributed by atoms with van der Waals surface area (Å²) in [7, 11) is 0. The van der Waals surface area contributed by atoms with Gasteiger partial charge in [0.1, 0.15) is 11.6 Å². The van der Waals surface area contributed by atoms with Gasteiger partial charge < -0.3 is 14.8 Å². The van der Waals surface area contributed by atoms with Crippen LogP contribution in [-0.2, 0) is 6.54 Å². The van der Waals surface area contributed by atoms with Gasteiger partial charge in [-0.15, -0.1) is 0 Å². The normalized spacial score (nSPS) is 15.0. The van der Waals surface area contributed by atoms with Crippen molar-refractivity contribution in [3.63, 3.8) is 0 Å². The maximum atomic E-state index is 14.3. The molecule has 1 aliphatic heterocycles. The number of carbonyl (C=O) groups is 1. The summed E-state index contributed by atoms with van der Waals surface area (Å²) in [6.07, 6.45) is 1.98. The van der Waals surface area contributed by atoms with Crippen LogP contribution in [0.3, 0.4) is 0 Å². The summed E-state index contributed by atoms with van der Waals surface area (Å²) in [5.41, 5.74) is 4.88. The highest BCUT2D eigenvalue weighted by molar-refractivity contribution is 5.90. The maximum Gasteiger partial charge on any atom is 0.323 e. The van der Waals surface area contributed by atoms with Crippen LogP contribution < -0.4 is 5.32 Å². The number of urea groups is 1. The molecule has 0 bridgehead atoms. The monoisotopic (exact) mass is 429 g/mol. The Kier molecular flexibility index (Phi) is 4.98. The number of amides is 2. The first-order chi connectivity index (χ1) is 15.5. The van der Waals surface area contributed by atoms with Crippen LogP contribution in [0.5, 0.6) is 0 Å². The van der Waals surface area contributed by atoms with Gasteiger partial charge in [0.05, 0.1) is 24.0 Å². The van der Waals surface area contributed by atoms with Crippen molar-refractivity contribution < 1.29 is 13.6 Å². The van der Waals surface area contributed by atoms with Crippen LogP contribution in [0.4, 0.5) is 19.3 Å². The zero-order valence-electron chi connectivity index (χ0n) is 17.4. The third-order valence-corrected chi connectivity index (χ3v) is 5.79. The minimum atomic E-state index is -0.816. The quantitative estimate of drug-likeness (QED) is 0.405. The minimum Gasteiger partial charge on any atom is -0.318 e. The van der Waals surface area contributed by atoms with Gasteiger partial charge in [0, 0.05) is 18.0 Å². The van der Waals surface area contributed by atoms with Crippen LogP contribution in [0.2, 0.25) is 0 Å². The first kappa shape index (κ1) is 20.0. The molecule has 0 spiro atoms. The van der Waals surface area contributed by atoms with Gasteiger partial charge >= 0.3 is 6.03 Å². The molecule has 0 fully saturated rings. The van der Waals surface area contributed by atoms with E-state index in [0.717, 1.165) is 40.2 Å². The standard InChI is InChI=1S/C26H21F2N3O/c1-17-8-10-18(11-9-17)25-24-7-4-14-30(24)23-6-3-2-5-19(23)16-31(25)26(32)29-22-13-12-20(27)15-21(22)28/h2-15,25H,16H2,1H3,(H,29,32). The average molecular weight is 429 g/mol. The number of fused-ring (bicyclic) bond motifs is 3. The minimum absolute atomic E-state index is 0.0630. The van der Waals surface area contributed by atoms with E-state index < -0.39 is 23.7 Å². The van der Waals surface area contributed by atoms with Crippen molar-refractivity contribution >= 4 is 11.7 Å². The number of hydrogen-bond donors (Lipinski definition) is 1. The van der Waals surface area contributed by atoms with Crippen molar-refractivity contribution in [1.29, 1.82) is 0 Å². The molecule has 1 aliphatic rings. The molecular weight excluding hydrogens is 408 g/mol. The van der Waals surface area contributed by atoms with Gasteiger partial charge in [-0.2, -0.15) is 0 Å². The lowest BCUT2D eigenvalue weighted by atomic mass is 10.0. The molecule has 0 aliphatic carbocycles. The van der Waals surface area contributed by atoms with Crippen molar-refractivity contribution in [1.82, 2.24) is 9.47 Å². The summed E-state index contributed by atoms with van der Waals surface area (Å²) < 4.78 is 29.7. The molecule has 2 heterocycles. The topological polar surface area (TPSA) is 37.3 Å². The molecule has 0 saturated carbocycles. The summed E-state index contributed by atoms with van der Waals surface area (Å²) in [5.74, 6) is -1.51. The lowest BCUT2D eigenvalue weighted by Gasteiger charge is -2.31. The first-order valence-corrected chi connectivity index (χ1v) is 10.4. The SMILES string of the molecule is Cc1ccc(C2c3cccn3-c3ccccc3CN2C(=O)Nc2ccc(F)cc2F)cc1. The molecule has 160 valence electrons. The van der Waals surface area contributed by atoms with Crippen molar-refractivity contribution in [2.45, 2.75) is 19.5 Å². The van der Waals surface area contributed by atoms with Crippen molar-refractivity contribution in [3.05, 3.63) is 119 Å². The highest BCUT2D eigenvalue weighted by atomic mass is 19.1. The maximum absolute atomic E-state index is 14.3. The summed E-state index contributed by atoms with van der Waals surface area (Å²) >= 11 is 0. The summed E-state index contributed by atoms with van der Waals surface area (Å²) in [6.45, 7) is 2.34. The van der Waals surface area contributed by atoms with Gasteiger partial charge in [0.2, 0.25) is 0 Å². The summed E-state index contributed by atoms with van der Waals surface area (Å²) in [5, 5.41) is 2.64. The zero-order valence-corrected chi connectivity index (χ0v) is 17.4. The Morgan fingerprint density at radius 2 is 1.75 bits per heavy atom. The predicted octanol–water partition coefficient (Wildman–Crippen LogP) is 6.20. The predicted molar refractivity (Wildman–Crippen MR) is 120 cm³/mol. The van der Waals surface area contributed by atoms with E-state index in [0.29, 0.717) is 6.54 Å². The number of benzene rings is 3. The van der Waals surface area contributed by atoms with Crippen LogP contribution in [0.25, 0.3) is 5.69 Å². The number of nitrogens with one attached hydrogen (secondary N) is 1. The number of rotatable bonds is 2. The fourth-order valence-corrected chi connectivity index (χ4v) is 4.22. The lowest BCUT2D eigenvalue weighted by molar-refractivity contribution is 0.194. The van der Waals surface area contributed by atoms with E-state index in [2.05, 4.69) is 9.88 Å². The van der Waals surface area contributed by atoms with Gasteiger partial charge in [-0.1, -0.05) is 48.0 Å². The molecule has 0 saturated heterocycles. The number of aromatic nitrogens is 1. The van der Waals surface area contributed by atoms with Crippen LogP contribution >= 0.6 is 0 Å². The smallest absolute Gasteiger partial charge is 0.318 e. The van der Waals surface area contributed by atoms with Gasteiger partial charge in [0.25, 0.3) is 0 Å². The number of nitrogens with zero attached hydrogens (tertiary/aromatic N) is 2. The van der Waals surface area contributed by atoms with E-state index in [4.69, 9.17) is 0 Å². The Morgan fingerprint density at radius 1 is 0.969 bits per heavy atom. The van der Waals surface area contributed by atoms with E-state index in [-0.39, 0.29) is 5.69 Å². The van der Waals surface area contributed by atoms with Crippen LogP contribution in [0.1, 0.15) is 28.4 Å². The highest BCUT2D eigenvalue weighted by Gasteiger charge is 2.33. The molecule has 2 amide bonds. The molecule has 0 radical (unpaired) electrons. The lowest BCUT2D eigenvalue weighted by Crippen LogP contribution is -2.38. The fourth-order valence-electron chi connectivity index (χ4n) is 4.22. The molecular formula is C26H21F2N3O. The molecule has 1 unspecified atom stereocenters. The number of hydrogen-bond acceptors (Lipinski definition) is 1. The highest BCUT2D eigenvalue weighted by Crippen LogP contribution is 2.37. The number of aryl methyl sites for hydroxylation is 1. The molecule has 1 N–H and O–H groups in total. The molecule has 3 aromatic carbocycles. The Hall–Kier alpha value is -3.93. The Bertz CT molecular complexity index is 1300. The van der Waals surface area contributed by atoms with E-state index in [1.807, 2.05) is 73.8 Å². The van der Waals surface area contributed by atoms with Gasteiger partial charge in [-0.25, -0.2) is 13.6 Å². The second kappa shape index (κ2) is 7.96. The van der Waals surface area contributed by atoms with Crippen molar-refractivity contribution in [3.8, 4) is 5.69 Å². The summed E-state index contributed by atoms with van der Waals surface area (Å²) in [4.78, 5) is 15.2. The summed E-state index contributed by atoms with van der Waals surface area (Å²) in [6, 6.07) is 22.1. The zero-order chi connectivity index (χ0) is 22.2. The molecule has 32 heavy (non-hydrogen) atoms. The molecule has 4 nitrogen and oxygen atoms in total. The number of para-hydroxylation sites is 1. The van der Waals surface area contributed by atoms with Gasteiger partial charge in [0.15, 0.2) is 0 Å². The van der Waals surface area contributed by atoms with Crippen molar-refractivity contribution in [2.75, 3.05) is 5.32 Å². The van der Waals surface area contributed by atoms with Gasteiger partial charge in [-0.05, 0) is 48.4 Å². The van der Waals surface area contributed by atoms with Gasteiger partial charge in [-0.3, -0.25) is 0 Å². The van der Waals surface area contributed by atoms with Crippen LogP contribution in [-0.4, -0.2) is 15.5 Å². The first-order valence-electron chi connectivity index (χ1n) is 10.4. The van der Waals surface area contributed by atoms with E-state index in [9.17, 15) is 13.6 Å². The number of halogens is 2. The molecule has 6 heteroatoms. The molecule has 1 aromatic heterocycles. The van der Waals surface area contributed by atoms with Crippen molar-refractivity contribution in [2.24, 2.45) is 0 Å². The Balaban J connectivity index is 1.62. The molecule has 1 atom stereocenters. The second-order valence-corrected chi connectivity index (χ2v) is 7.93. The third-order valence-electron chi connectivity index (χ3n) is 5.79. The average Bonchev–Trinajstić information content (AvgIpc) is 3.21. The molecule has 4 aromatic rings. The third kappa shape index (κ3) is 3.54. The van der Waals surface area contributed by atoms with Crippen LogP contribution in [0.15, 0.2) is 85.1 Å². The fraction of sp³-hybridized carbons (Fsp3) is 0.115. The second-order valence-electron chi connectivity index (χ2n) is 7.93. The molecule has 5 rings (SSSR count). The van der Waals surface area contributed by atoms with E-state index >= 15 is 0 Å². The Morgan fingerprint density at radius 3 is 2.53 bits per heavy atom. The van der Waals surface area contributed by atoms with E-state index in [1.165, 1.54) is 6.07 Å². The largest absolute Gasteiger partial charge is 0.323 e. The van der Waals surface area contributed by atoms with Crippen LogP contribution in [0, 0.1) is 18.6 Å². The Labute approximate surface area is 184 Å².